The van der Waals surface area contributed by atoms with E-state index in [4.69, 9.17) is 0 Å². The Bertz CT molecular complexity index is 533. The van der Waals surface area contributed by atoms with Crippen LogP contribution in [0.5, 0.6) is 0 Å². The zero-order valence-corrected chi connectivity index (χ0v) is 12.0. The number of H-pyrrole nitrogens is 1. The molecule has 3 rings (SSSR count). The first kappa shape index (κ1) is 12.7. The van der Waals surface area contributed by atoms with E-state index in [0.29, 0.717) is 0 Å². The number of piperidine rings is 1. The lowest BCUT2D eigenvalue weighted by Crippen LogP contribution is -2.44. The van der Waals surface area contributed by atoms with Crippen molar-refractivity contribution in [2.24, 2.45) is 0 Å². The Balaban J connectivity index is 1.71. The molecule has 102 valence electrons. The number of nitrogens with zero attached hydrogens (tertiary/aromatic N) is 1. The molecule has 19 heavy (non-hydrogen) atoms. The zero-order chi connectivity index (χ0) is 13.2. The van der Waals surface area contributed by atoms with Crippen LogP contribution in [0.25, 0.3) is 10.9 Å². The highest BCUT2D eigenvalue weighted by molar-refractivity contribution is 5.83. The van der Waals surface area contributed by atoms with Gasteiger partial charge in [0.1, 0.15) is 0 Å². The monoisotopic (exact) mass is 256 g/mol. The van der Waals surface area contributed by atoms with E-state index >= 15 is 0 Å². The molecule has 0 radical (unpaired) electrons. The fourth-order valence-electron chi connectivity index (χ4n) is 3.50. The van der Waals surface area contributed by atoms with Gasteiger partial charge in [0.25, 0.3) is 0 Å². The number of fused-ring (bicyclic) bond motifs is 1. The fraction of sp³-hybridized carbons (Fsp3) is 0.529. The Morgan fingerprint density at radius 1 is 1.16 bits per heavy atom. The molecule has 2 aromatic rings. The van der Waals surface area contributed by atoms with Gasteiger partial charge < -0.3 is 4.98 Å². The normalized spacial score (nSPS) is 24.9. The molecule has 0 spiro atoms. The maximum Gasteiger partial charge on any atom is 0.0456 e. The van der Waals surface area contributed by atoms with Crippen LogP contribution in [0.15, 0.2) is 30.5 Å². The molecule has 2 atom stereocenters. The minimum atomic E-state index is 0.744. The van der Waals surface area contributed by atoms with Gasteiger partial charge in [-0.05, 0) is 44.7 Å². The summed E-state index contributed by atoms with van der Waals surface area (Å²) >= 11 is 0. The summed E-state index contributed by atoms with van der Waals surface area (Å²) < 4.78 is 0. The van der Waals surface area contributed by atoms with Gasteiger partial charge in [0, 0.05) is 35.7 Å². The molecule has 2 unspecified atom stereocenters. The molecule has 0 bridgehead atoms. The van der Waals surface area contributed by atoms with Crippen molar-refractivity contribution < 1.29 is 0 Å². The number of aromatic nitrogens is 1. The number of aromatic amines is 1. The van der Waals surface area contributed by atoms with Crippen LogP contribution < -0.4 is 0 Å². The second kappa shape index (κ2) is 5.38. The van der Waals surface area contributed by atoms with Gasteiger partial charge >= 0.3 is 0 Å². The molecule has 2 heteroatoms. The van der Waals surface area contributed by atoms with E-state index in [1.807, 2.05) is 0 Å². The Kier molecular flexibility index (Phi) is 3.61. The van der Waals surface area contributed by atoms with Crippen LogP contribution in [-0.4, -0.2) is 28.5 Å². The Labute approximate surface area is 115 Å². The number of benzene rings is 1. The van der Waals surface area contributed by atoms with Gasteiger partial charge in [0.2, 0.25) is 0 Å². The number of likely N-dealkylation sites (tertiary alicyclic amines) is 1. The standard InChI is InChI=1S/C17H24N2/c1-13-6-5-7-14(2)19(13)11-10-15-12-18-17-9-4-3-8-16(15)17/h3-4,8-9,12-14,18H,5-7,10-11H2,1-2H3. The van der Waals surface area contributed by atoms with Crippen molar-refractivity contribution in [1.82, 2.24) is 9.88 Å². The Hall–Kier alpha value is -1.28. The van der Waals surface area contributed by atoms with Crippen LogP contribution in [0.2, 0.25) is 0 Å². The van der Waals surface area contributed by atoms with E-state index in [0.717, 1.165) is 18.5 Å². The van der Waals surface area contributed by atoms with Crippen molar-refractivity contribution >= 4 is 10.9 Å². The summed E-state index contributed by atoms with van der Waals surface area (Å²) in [5.74, 6) is 0. The van der Waals surface area contributed by atoms with Gasteiger partial charge in [-0.1, -0.05) is 24.6 Å². The average molecular weight is 256 g/mol. The topological polar surface area (TPSA) is 19.0 Å². The van der Waals surface area contributed by atoms with Crippen LogP contribution in [0.4, 0.5) is 0 Å². The lowest BCUT2D eigenvalue weighted by molar-refractivity contribution is 0.105. The molecule has 1 fully saturated rings. The van der Waals surface area contributed by atoms with Crippen molar-refractivity contribution in [3.63, 3.8) is 0 Å². The van der Waals surface area contributed by atoms with Gasteiger partial charge in [-0.25, -0.2) is 0 Å². The van der Waals surface area contributed by atoms with Crippen molar-refractivity contribution in [3.8, 4) is 0 Å². The SMILES string of the molecule is CC1CCCC(C)N1CCc1c[nH]c2ccccc12. The van der Waals surface area contributed by atoms with Gasteiger partial charge in [0.15, 0.2) is 0 Å². The molecule has 0 aliphatic carbocycles. The van der Waals surface area contributed by atoms with Crippen molar-refractivity contribution in [3.05, 3.63) is 36.0 Å². The summed E-state index contributed by atoms with van der Waals surface area (Å²) in [4.78, 5) is 6.07. The quantitative estimate of drug-likeness (QED) is 0.880. The third-order valence-corrected chi connectivity index (χ3v) is 4.69. The Morgan fingerprint density at radius 3 is 2.68 bits per heavy atom. The maximum atomic E-state index is 3.38. The number of rotatable bonds is 3. The van der Waals surface area contributed by atoms with Crippen LogP contribution in [0, 0.1) is 0 Å². The third kappa shape index (κ3) is 2.55. The first-order valence-corrected chi connectivity index (χ1v) is 7.56. The second-order valence-corrected chi connectivity index (χ2v) is 5.98. The molecule has 1 aliphatic rings. The van der Waals surface area contributed by atoms with E-state index in [1.54, 1.807) is 0 Å². The van der Waals surface area contributed by atoms with Crippen molar-refractivity contribution in [1.29, 1.82) is 0 Å². The minimum Gasteiger partial charge on any atom is -0.361 e. The second-order valence-electron chi connectivity index (χ2n) is 5.98. The van der Waals surface area contributed by atoms with Gasteiger partial charge in [-0.2, -0.15) is 0 Å². The van der Waals surface area contributed by atoms with E-state index in [-0.39, 0.29) is 0 Å². The third-order valence-electron chi connectivity index (χ3n) is 4.69. The molecule has 1 saturated heterocycles. The van der Waals surface area contributed by atoms with E-state index in [1.165, 1.54) is 42.3 Å². The Morgan fingerprint density at radius 2 is 1.89 bits per heavy atom. The summed E-state index contributed by atoms with van der Waals surface area (Å²) in [5.41, 5.74) is 2.72. The largest absolute Gasteiger partial charge is 0.361 e. The summed E-state index contributed by atoms with van der Waals surface area (Å²) in [6, 6.07) is 10.1. The molecule has 1 aromatic carbocycles. The first-order chi connectivity index (χ1) is 9.25. The smallest absolute Gasteiger partial charge is 0.0456 e. The van der Waals surface area contributed by atoms with Crippen LogP contribution in [-0.2, 0) is 6.42 Å². The molecule has 1 N–H and O–H groups in total. The minimum absolute atomic E-state index is 0.744. The maximum absolute atomic E-state index is 3.38. The van der Waals surface area contributed by atoms with E-state index < -0.39 is 0 Å². The molecule has 0 saturated carbocycles. The van der Waals surface area contributed by atoms with Crippen LogP contribution in [0.1, 0.15) is 38.7 Å². The van der Waals surface area contributed by atoms with Crippen LogP contribution >= 0.6 is 0 Å². The molecular weight excluding hydrogens is 232 g/mol. The van der Waals surface area contributed by atoms with E-state index in [9.17, 15) is 0 Å². The molecule has 2 nitrogen and oxygen atoms in total. The number of hydrogen-bond donors (Lipinski definition) is 1. The summed E-state index contributed by atoms with van der Waals surface area (Å²) in [5, 5.41) is 1.39. The predicted octanol–water partition coefficient (Wildman–Crippen LogP) is 3.97. The lowest BCUT2D eigenvalue weighted by atomic mass is 9.97. The number of nitrogens with one attached hydrogen (secondary N) is 1. The highest BCUT2D eigenvalue weighted by Gasteiger charge is 2.24. The summed E-state index contributed by atoms with van der Waals surface area (Å²) in [6.07, 6.45) is 7.45. The molecule has 0 amide bonds. The van der Waals surface area contributed by atoms with Gasteiger partial charge in [-0.15, -0.1) is 0 Å². The summed E-state index contributed by atoms with van der Waals surface area (Å²) in [7, 11) is 0. The van der Waals surface area contributed by atoms with Gasteiger partial charge in [0.05, 0.1) is 0 Å². The van der Waals surface area contributed by atoms with Crippen molar-refractivity contribution in [2.75, 3.05) is 6.54 Å². The highest BCUT2D eigenvalue weighted by Crippen LogP contribution is 2.24. The summed E-state index contributed by atoms with van der Waals surface area (Å²) in [6.45, 7) is 5.94. The first-order valence-electron chi connectivity index (χ1n) is 7.56. The molecular formula is C17H24N2. The molecule has 1 aromatic heterocycles. The molecule has 2 heterocycles. The number of para-hydroxylation sites is 1. The van der Waals surface area contributed by atoms with E-state index in [2.05, 4.69) is 54.2 Å². The zero-order valence-electron chi connectivity index (χ0n) is 12.0. The predicted molar refractivity (Wildman–Crippen MR) is 81.5 cm³/mol. The van der Waals surface area contributed by atoms with Crippen LogP contribution in [0.3, 0.4) is 0 Å². The van der Waals surface area contributed by atoms with Crippen molar-refractivity contribution in [2.45, 2.75) is 51.6 Å². The molecule has 1 aliphatic heterocycles. The average Bonchev–Trinajstić information content (AvgIpc) is 2.82. The highest BCUT2D eigenvalue weighted by atomic mass is 15.2. The fourth-order valence-corrected chi connectivity index (χ4v) is 3.50. The lowest BCUT2D eigenvalue weighted by Gasteiger charge is -2.39. The van der Waals surface area contributed by atoms with Gasteiger partial charge in [-0.3, -0.25) is 4.90 Å². The number of hydrogen-bond acceptors (Lipinski definition) is 1.